The lowest BCUT2D eigenvalue weighted by molar-refractivity contribution is 0.0402. The number of carbonyl (C=O) groups excluding carboxylic acids is 1. The molecule has 4 nitrogen and oxygen atoms in total. The van der Waals surface area contributed by atoms with E-state index in [0.717, 1.165) is 5.56 Å². The second kappa shape index (κ2) is 8.43. The van der Waals surface area contributed by atoms with Crippen molar-refractivity contribution in [3.05, 3.63) is 95.8 Å². The zero-order valence-corrected chi connectivity index (χ0v) is 16.1. The van der Waals surface area contributed by atoms with Gasteiger partial charge in [-0.2, -0.15) is 0 Å². The van der Waals surface area contributed by atoms with Crippen molar-refractivity contribution in [1.29, 1.82) is 0 Å². The Kier molecular flexibility index (Phi) is 5.56. The van der Waals surface area contributed by atoms with E-state index in [1.54, 1.807) is 53.6 Å². The van der Waals surface area contributed by atoms with E-state index in [1.807, 2.05) is 30.3 Å². The molecule has 1 saturated heterocycles. The normalized spacial score (nSPS) is 15.7. The average Bonchev–Trinajstić information content (AvgIpc) is 2.79. The first-order valence-electron chi connectivity index (χ1n) is 9.81. The van der Waals surface area contributed by atoms with E-state index in [9.17, 15) is 4.79 Å². The molecule has 1 aromatic heterocycles. The van der Waals surface area contributed by atoms with Gasteiger partial charge < -0.3 is 9.64 Å². The first-order valence-corrected chi connectivity index (χ1v) is 9.81. The predicted molar refractivity (Wildman–Crippen MR) is 109 cm³/mol. The second-order valence-electron chi connectivity index (χ2n) is 7.27. The summed E-state index contributed by atoms with van der Waals surface area (Å²) in [7, 11) is 0. The first kappa shape index (κ1) is 19.1. The number of alkyl halides is 1. The Morgan fingerprint density at radius 3 is 2.31 bits per heavy atom. The lowest BCUT2D eigenvalue weighted by Gasteiger charge is -2.36. The zero-order chi connectivity index (χ0) is 20.1. The van der Waals surface area contributed by atoms with E-state index >= 15 is 4.39 Å². The largest absolute Gasteiger partial charge is 0.489 e. The minimum Gasteiger partial charge on any atom is -0.489 e. The quantitative estimate of drug-likeness (QED) is 0.631. The maximum atomic E-state index is 15.2. The third-order valence-corrected chi connectivity index (χ3v) is 5.32. The molecule has 5 heteroatoms. The van der Waals surface area contributed by atoms with E-state index < -0.39 is 5.67 Å². The molecule has 0 bridgehead atoms. The van der Waals surface area contributed by atoms with Crippen LogP contribution in [0.5, 0.6) is 5.75 Å². The summed E-state index contributed by atoms with van der Waals surface area (Å²) in [6.45, 7) is 1.22. The molecule has 0 aliphatic carbocycles. The fraction of sp³-hybridized carbons (Fsp3) is 0.250. The molecule has 1 fully saturated rings. The molecule has 1 aliphatic heterocycles. The number of likely N-dealkylation sites (tertiary alicyclic amines) is 1. The fourth-order valence-corrected chi connectivity index (χ4v) is 3.57. The maximum Gasteiger partial charge on any atom is 0.253 e. The van der Waals surface area contributed by atoms with Gasteiger partial charge >= 0.3 is 0 Å². The van der Waals surface area contributed by atoms with Crippen LogP contribution in [0.3, 0.4) is 0 Å². The zero-order valence-electron chi connectivity index (χ0n) is 16.1. The van der Waals surface area contributed by atoms with Gasteiger partial charge in [-0.15, -0.1) is 0 Å². The number of carbonyl (C=O) groups is 1. The number of pyridine rings is 1. The number of ether oxygens (including phenoxy) is 1. The van der Waals surface area contributed by atoms with Crippen LogP contribution in [0, 0.1) is 0 Å². The number of halogens is 1. The summed E-state index contributed by atoms with van der Waals surface area (Å²) >= 11 is 0. The number of rotatable bonds is 5. The van der Waals surface area contributed by atoms with Crippen LogP contribution in [-0.2, 0) is 12.3 Å². The van der Waals surface area contributed by atoms with E-state index in [1.165, 1.54) is 0 Å². The van der Waals surface area contributed by atoms with Crippen molar-refractivity contribution >= 4 is 5.91 Å². The molecule has 148 valence electrons. The van der Waals surface area contributed by atoms with Gasteiger partial charge in [-0.3, -0.25) is 9.78 Å². The topological polar surface area (TPSA) is 42.4 Å². The van der Waals surface area contributed by atoms with Crippen LogP contribution in [-0.4, -0.2) is 28.9 Å². The number of nitrogens with zero attached hydrogens (tertiary/aromatic N) is 2. The molecule has 0 saturated carbocycles. The molecule has 0 unspecified atom stereocenters. The van der Waals surface area contributed by atoms with Crippen LogP contribution >= 0.6 is 0 Å². The summed E-state index contributed by atoms with van der Waals surface area (Å²) in [5, 5.41) is 0. The minimum atomic E-state index is -1.47. The van der Waals surface area contributed by atoms with Crippen molar-refractivity contribution in [2.75, 3.05) is 13.1 Å². The van der Waals surface area contributed by atoms with Crippen molar-refractivity contribution in [3.63, 3.8) is 0 Å². The van der Waals surface area contributed by atoms with Crippen molar-refractivity contribution in [2.24, 2.45) is 0 Å². The molecular formula is C24H23FN2O2. The summed E-state index contributed by atoms with van der Waals surface area (Å²) in [6, 6.07) is 22.3. The molecule has 1 amide bonds. The standard InChI is InChI=1S/C24H23FN2O2/c25-24(22-8-4-5-15-26-22)13-16-27(17-14-24)23(28)20-9-11-21(12-10-20)29-18-19-6-2-1-3-7-19/h1-12,15H,13-14,16-18H2. The summed E-state index contributed by atoms with van der Waals surface area (Å²) in [6.07, 6.45) is 2.12. The van der Waals surface area contributed by atoms with Gasteiger partial charge in [0.1, 0.15) is 12.4 Å². The van der Waals surface area contributed by atoms with Gasteiger partial charge in [0.05, 0.1) is 5.69 Å². The Morgan fingerprint density at radius 1 is 0.966 bits per heavy atom. The monoisotopic (exact) mass is 390 g/mol. The van der Waals surface area contributed by atoms with Crippen LogP contribution in [0.1, 0.15) is 34.5 Å². The van der Waals surface area contributed by atoms with Gasteiger partial charge in [0.15, 0.2) is 5.67 Å². The third-order valence-electron chi connectivity index (χ3n) is 5.32. The smallest absolute Gasteiger partial charge is 0.253 e. The Balaban J connectivity index is 1.34. The highest BCUT2D eigenvalue weighted by molar-refractivity contribution is 5.94. The van der Waals surface area contributed by atoms with E-state index in [4.69, 9.17) is 4.74 Å². The molecule has 4 rings (SSSR count). The van der Waals surface area contributed by atoms with Crippen LogP contribution < -0.4 is 4.74 Å². The van der Waals surface area contributed by atoms with Crippen molar-refractivity contribution in [1.82, 2.24) is 9.88 Å². The summed E-state index contributed by atoms with van der Waals surface area (Å²) < 4.78 is 21.0. The molecule has 29 heavy (non-hydrogen) atoms. The molecule has 0 radical (unpaired) electrons. The Labute approximate surface area is 170 Å². The molecular weight excluding hydrogens is 367 g/mol. The third kappa shape index (κ3) is 4.45. The number of piperidine rings is 1. The molecule has 2 heterocycles. The highest BCUT2D eigenvalue weighted by atomic mass is 19.1. The molecule has 2 aromatic carbocycles. The Hall–Kier alpha value is -3.21. The Morgan fingerprint density at radius 2 is 1.66 bits per heavy atom. The van der Waals surface area contributed by atoms with Gasteiger partial charge in [-0.1, -0.05) is 36.4 Å². The average molecular weight is 390 g/mol. The van der Waals surface area contributed by atoms with Crippen LogP contribution in [0.2, 0.25) is 0 Å². The van der Waals surface area contributed by atoms with E-state index in [-0.39, 0.29) is 18.7 Å². The molecule has 0 N–H and O–H groups in total. The number of amides is 1. The molecule has 0 spiro atoms. The van der Waals surface area contributed by atoms with Gasteiger partial charge in [0.2, 0.25) is 0 Å². The molecule has 3 aromatic rings. The number of hydrogen-bond acceptors (Lipinski definition) is 3. The van der Waals surface area contributed by atoms with Crippen molar-refractivity contribution < 1.29 is 13.9 Å². The molecule has 1 aliphatic rings. The lowest BCUT2D eigenvalue weighted by atomic mass is 9.89. The number of benzene rings is 2. The van der Waals surface area contributed by atoms with Crippen molar-refractivity contribution in [2.45, 2.75) is 25.1 Å². The molecule has 0 atom stereocenters. The summed E-state index contributed by atoms with van der Waals surface area (Å²) in [5.74, 6) is 0.629. The predicted octanol–water partition coefficient (Wildman–Crippen LogP) is 4.76. The lowest BCUT2D eigenvalue weighted by Crippen LogP contribution is -2.43. The minimum absolute atomic E-state index is 0.0809. The first-order chi connectivity index (χ1) is 14.1. The highest BCUT2D eigenvalue weighted by Crippen LogP contribution is 2.36. The van der Waals surface area contributed by atoms with E-state index in [0.29, 0.717) is 36.7 Å². The van der Waals surface area contributed by atoms with Crippen molar-refractivity contribution in [3.8, 4) is 5.75 Å². The van der Waals surface area contributed by atoms with Crippen LogP contribution in [0.4, 0.5) is 4.39 Å². The Bertz CT molecular complexity index is 938. The van der Waals surface area contributed by atoms with Gasteiger partial charge in [0, 0.05) is 37.7 Å². The van der Waals surface area contributed by atoms with E-state index in [2.05, 4.69) is 4.98 Å². The number of hydrogen-bond donors (Lipinski definition) is 0. The second-order valence-corrected chi connectivity index (χ2v) is 7.27. The highest BCUT2D eigenvalue weighted by Gasteiger charge is 2.38. The number of aromatic nitrogens is 1. The summed E-state index contributed by atoms with van der Waals surface area (Å²) in [4.78, 5) is 18.7. The maximum absolute atomic E-state index is 15.2. The SMILES string of the molecule is O=C(c1ccc(OCc2ccccc2)cc1)N1CCC(F)(c2ccccn2)CC1. The van der Waals surface area contributed by atoms with Crippen LogP contribution in [0.15, 0.2) is 79.0 Å². The van der Waals surface area contributed by atoms with Gasteiger partial charge in [0.25, 0.3) is 5.91 Å². The van der Waals surface area contributed by atoms with Gasteiger partial charge in [-0.05, 0) is 42.0 Å². The van der Waals surface area contributed by atoms with Crippen LogP contribution in [0.25, 0.3) is 0 Å². The van der Waals surface area contributed by atoms with Gasteiger partial charge in [-0.25, -0.2) is 4.39 Å². The summed E-state index contributed by atoms with van der Waals surface area (Å²) in [5.41, 5.74) is 0.657. The fourth-order valence-electron chi connectivity index (χ4n) is 3.57.